The van der Waals surface area contributed by atoms with Crippen LogP contribution in [-0.4, -0.2) is 47.6 Å². The van der Waals surface area contributed by atoms with Crippen LogP contribution in [-0.2, 0) is 23.8 Å². The van der Waals surface area contributed by atoms with Gasteiger partial charge >= 0.3 is 11.9 Å². The molecule has 4 atom stereocenters. The average molecular weight is 395 g/mol. The molecule has 0 radical (unpaired) electrons. The maximum atomic E-state index is 11.6. The van der Waals surface area contributed by atoms with E-state index in [1.54, 1.807) is 6.92 Å². The Kier molecular flexibility index (Phi) is 7.84. The molecular weight excluding hydrogens is 360 g/mol. The highest BCUT2D eigenvalue weighted by Crippen LogP contribution is 2.34. The predicted molar refractivity (Wildman–Crippen MR) is 106 cm³/mol. The van der Waals surface area contributed by atoms with Crippen molar-refractivity contribution in [3.8, 4) is 0 Å². The van der Waals surface area contributed by atoms with Crippen LogP contribution in [0.15, 0.2) is 22.8 Å². The summed E-state index contributed by atoms with van der Waals surface area (Å²) < 4.78 is 16.9. The van der Waals surface area contributed by atoms with Gasteiger partial charge in [-0.25, -0.2) is 0 Å². The number of hydrogen-bond donors (Lipinski definition) is 1. The summed E-state index contributed by atoms with van der Waals surface area (Å²) in [5.74, 6) is -0.608. The van der Waals surface area contributed by atoms with E-state index in [0.29, 0.717) is 32.3 Å². The molecule has 1 fully saturated rings. The van der Waals surface area contributed by atoms with Gasteiger partial charge in [0.2, 0.25) is 0 Å². The van der Waals surface area contributed by atoms with Gasteiger partial charge in [0.15, 0.2) is 0 Å². The highest BCUT2D eigenvalue weighted by molar-refractivity contribution is 5.72. The minimum atomic E-state index is -0.758. The molecule has 0 saturated carbocycles. The van der Waals surface area contributed by atoms with Crippen molar-refractivity contribution in [2.45, 2.75) is 97.1 Å². The lowest BCUT2D eigenvalue weighted by Crippen LogP contribution is -2.42. The molecule has 1 N–H and O–H groups in total. The van der Waals surface area contributed by atoms with Gasteiger partial charge in [0.05, 0.1) is 18.8 Å². The molecule has 0 aromatic carbocycles. The third kappa shape index (κ3) is 6.17. The number of carbonyl (C=O) groups excluding carboxylic acids is 2. The summed E-state index contributed by atoms with van der Waals surface area (Å²) >= 11 is 0. The number of hydrogen-bond acceptors (Lipinski definition) is 6. The summed E-state index contributed by atoms with van der Waals surface area (Å²) in [6, 6.07) is 0. The van der Waals surface area contributed by atoms with Gasteiger partial charge in [-0.3, -0.25) is 9.59 Å². The van der Waals surface area contributed by atoms with Crippen LogP contribution in [0.1, 0.15) is 73.1 Å². The number of ether oxygens (including phenoxy) is 3. The van der Waals surface area contributed by atoms with E-state index in [1.165, 1.54) is 18.1 Å². The van der Waals surface area contributed by atoms with Crippen molar-refractivity contribution in [3.05, 3.63) is 22.8 Å². The van der Waals surface area contributed by atoms with Gasteiger partial charge in [-0.15, -0.1) is 0 Å². The quantitative estimate of drug-likeness (QED) is 0.475. The molecule has 0 amide bonds. The normalized spacial score (nSPS) is 27.7. The van der Waals surface area contributed by atoms with E-state index >= 15 is 0 Å². The number of esters is 2. The molecule has 0 aromatic heterocycles. The molecule has 6 heteroatoms. The van der Waals surface area contributed by atoms with Crippen molar-refractivity contribution < 1.29 is 28.9 Å². The Balaban J connectivity index is 2.00. The molecule has 0 aromatic rings. The Labute approximate surface area is 167 Å². The second kappa shape index (κ2) is 9.70. The summed E-state index contributed by atoms with van der Waals surface area (Å²) in [5.41, 5.74) is 2.86. The lowest BCUT2D eigenvalue weighted by Gasteiger charge is -2.32. The largest absolute Gasteiger partial charge is 0.458 e. The Morgan fingerprint density at radius 3 is 2.68 bits per heavy atom. The topological polar surface area (TPSA) is 82.1 Å². The minimum Gasteiger partial charge on any atom is -0.458 e. The van der Waals surface area contributed by atoms with E-state index in [9.17, 15) is 14.7 Å². The van der Waals surface area contributed by atoms with Crippen LogP contribution in [0.5, 0.6) is 0 Å². The van der Waals surface area contributed by atoms with E-state index in [2.05, 4.69) is 13.0 Å². The third-order valence-corrected chi connectivity index (χ3v) is 5.60. The number of cyclic esters (lactones) is 1. The summed E-state index contributed by atoms with van der Waals surface area (Å²) in [4.78, 5) is 23.1. The van der Waals surface area contributed by atoms with E-state index in [1.807, 2.05) is 13.8 Å². The van der Waals surface area contributed by atoms with Crippen LogP contribution < -0.4 is 0 Å². The lowest BCUT2D eigenvalue weighted by atomic mass is 9.90. The second-order valence-electron chi connectivity index (χ2n) is 8.36. The molecule has 0 spiro atoms. The van der Waals surface area contributed by atoms with E-state index < -0.39 is 11.7 Å². The number of aliphatic hydroxyl groups is 1. The van der Waals surface area contributed by atoms with Crippen LogP contribution >= 0.6 is 0 Å². The first-order valence-electron chi connectivity index (χ1n) is 10.1. The number of rotatable bonds is 9. The van der Waals surface area contributed by atoms with Crippen molar-refractivity contribution >= 4 is 11.9 Å². The molecule has 2 aliphatic rings. The highest BCUT2D eigenvalue weighted by Gasteiger charge is 2.44. The molecule has 0 bridgehead atoms. The molecule has 4 unspecified atom stereocenters. The van der Waals surface area contributed by atoms with Crippen LogP contribution in [0, 0.1) is 0 Å². The molecule has 1 saturated heterocycles. The second-order valence-corrected chi connectivity index (χ2v) is 8.36. The maximum Gasteiger partial charge on any atom is 0.306 e. The maximum absolute atomic E-state index is 11.6. The zero-order valence-corrected chi connectivity index (χ0v) is 17.7. The van der Waals surface area contributed by atoms with Crippen molar-refractivity contribution in [2.75, 3.05) is 6.61 Å². The van der Waals surface area contributed by atoms with Crippen LogP contribution in [0.25, 0.3) is 0 Å². The fourth-order valence-electron chi connectivity index (χ4n) is 3.85. The fourth-order valence-corrected chi connectivity index (χ4v) is 3.85. The summed E-state index contributed by atoms with van der Waals surface area (Å²) in [6.07, 6.45) is 5.02. The standard InChI is InChI=1S/C22H34O6/c1-14(12-19-18(8-7-16(3)23)15(2)13-26-19)6-9-20(27-17(4)24)22(5)11-10-21(25)28-22/h12,16,19-20,23H,6-11,13H2,1-5H3. The van der Waals surface area contributed by atoms with Gasteiger partial charge < -0.3 is 19.3 Å². The van der Waals surface area contributed by atoms with Crippen molar-refractivity contribution in [1.82, 2.24) is 0 Å². The first kappa shape index (κ1) is 22.6. The van der Waals surface area contributed by atoms with Crippen LogP contribution in [0.4, 0.5) is 0 Å². The predicted octanol–water partition coefficient (Wildman–Crippen LogP) is 3.62. The average Bonchev–Trinajstić information content (AvgIpc) is 3.12. The van der Waals surface area contributed by atoms with E-state index in [0.717, 1.165) is 18.4 Å². The smallest absolute Gasteiger partial charge is 0.306 e. The van der Waals surface area contributed by atoms with E-state index in [4.69, 9.17) is 14.2 Å². The van der Waals surface area contributed by atoms with E-state index in [-0.39, 0.29) is 24.1 Å². The molecule has 0 aliphatic carbocycles. The number of aliphatic hydroxyl groups excluding tert-OH is 1. The molecule has 2 aliphatic heterocycles. The molecule has 2 heterocycles. The summed E-state index contributed by atoms with van der Waals surface area (Å²) in [6.45, 7) is 9.75. The number of carbonyl (C=O) groups is 2. The Morgan fingerprint density at radius 1 is 1.39 bits per heavy atom. The Morgan fingerprint density at radius 2 is 2.11 bits per heavy atom. The monoisotopic (exact) mass is 394 g/mol. The molecular formula is C22H34O6. The molecule has 6 nitrogen and oxygen atoms in total. The Bertz CT molecular complexity index is 647. The van der Waals surface area contributed by atoms with Gasteiger partial charge in [-0.2, -0.15) is 0 Å². The van der Waals surface area contributed by atoms with Gasteiger partial charge in [0.25, 0.3) is 0 Å². The van der Waals surface area contributed by atoms with Crippen LogP contribution in [0.3, 0.4) is 0 Å². The Hall–Kier alpha value is -1.66. The third-order valence-electron chi connectivity index (χ3n) is 5.60. The zero-order chi connectivity index (χ0) is 20.9. The molecule has 158 valence electrons. The van der Waals surface area contributed by atoms with Crippen molar-refractivity contribution in [2.24, 2.45) is 0 Å². The van der Waals surface area contributed by atoms with Crippen LogP contribution in [0.2, 0.25) is 0 Å². The van der Waals surface area contributed by atoms with Crippen molar-refractivity contribution in [3.63, 3.8) is 0 Å². The lowest BCUT2D eigenvalue weighted by molar-refractivity contribution is -0.172. The first-order chi connectivity index (χ1) is 13.1. The first-order valence-corrected chi connectivity index (χ1v) is 10.1. The van der Waals surface area contributed by atoms with Gasteiger partial charge in [0, 0.05) is 19.8 Å². The zero-order valence-electron chi connectivity index (χ0n) is 17.7. The summed E-state index contributed by atoms with van der Waals surface area (Å²) in [5, 5.41) is 9.58. The fraction of sp³-hybridized carbons (Fsp3) is 0.727. The van der Waals surface area contributed by atoms with Gasteiger partial charge in [-0.05, 0) is 64.5 Å². The molecule has 2 rings (SSSR count). The highest BCUT2D eigenvalue weighted by atomic mass is 16.6. The van der Waals surface area contributed by atoms with Gasteiger partial charge in [0.1, 0.15) is 11.7 Å². The summed E-state index contributed by atoms with van der Waals surface area (Å²) in [7, 11) is 0. The minimum absolute atomic E-state index is 0.0641. The van der Waals surface area contributed by atoms with Crippen molar-refractivity contribution in [1.29, 1.82) is 0 Å². The molecule has 28 heavy (non-hydrogen) atoms. The number of allylic oxidation sites excluding steroid dienone is 1. The SMILES string of the molecule is CC(=O)OC(CCC(C)=CC1OCC(C)=C1CCC(C)O)C1(C)CCC(=O)O1. The van der Waals surface area contributed by atoms with Gasteiger partial charge in [-0.1, -0.05) is 11.6 Å².